The van der Waals surface area contributed by atoms with E-state index in [0.29, 0.717) is 0 Å². The first kappa shape index (κ1) is 22.2. The monoisotopic (exact) mass is 474 g/mol. The first-order valence-electron chi connectivity index (χ1n) is 8.57. The van der Waals surface area contributed by atoms with Gasteiger partial charge in [-0.25, -0.2) is 4.39 Å². The number of aromatic nitrogens is 2. The zero-order chi connectivity index (χ0) is 17.9. The van der Waals surface area contributed by atoms with Gasteiger partial charge in [0.2, 0.25) is 0 Å². The van der Waals surface area contributed by atoms with Gasteiger partial charge in [0.1, 0.15) is 5.82 Å². The lowest BCUT2D eigenvalue weighted by Gasteiger charge is -2.20. The molecule has 0 radical (unpaired) electrons. The summed E-state index contributed by atoms with van der Waals surface area (Å²) < 4.78 is 15.2. The summed E-state index contributed by atoms with van der Waals surface area (Å²) in [6, 6.07) is 8.58. The molecule has 0 aliphatic carbocycles. The van der Waals surface area contributed by atoms with Crippen molar-refractivity contribution in [3.05, 3.63) is 48.5 Å². The van der Waals surface area contributed by atoms with Crippen LogP contribution in [0.2, 0.25) is 0 Å². The first-order valence-corrected chi connectivity index (χ1v) is 8.57. The van der Waals surface area contributed by atoms with Gasteiger partial charge in [0.25, 0.3) is 0 Å². The Balaban J connectivity index is 0.00000338. The van der Waals surface area contributed by atoms with Crippen LogP contribution in [0.5, 0.6) is 0 Å². The maximum atomic E-state index is 13.2. The van der Waals surface area contributed by atoms with Crippen molar-refractivity contribution in [1.29, 1.82) is 0 Å². The van der Waals surface area contributed by atoms with E-state index in [1.807, 2.05) is 35.0 Å². The molecule has 0 amide bonds. The number of anilines is 1. The van der Waals surface area contributed by atoms with E-state index in [1.165, 1.54) is 6.07 Å². The fraction of sp³-hybridized carbons (Fsp3) is 0.444. The van der Waals surface area contributed by atoms with Gasteiger partial charge in [0.05, 0.1) is 0 Å². The molecule has 2 aromatic rings. The third kappa shape index (κ3) is 8.03. The van der Waals surface area contributed by atoms with Gasteiger partial charge in [-0.05, 0) is 37.1 Å². The minimum absolute atomic E-state index is 0. The van der Waals surface area contributed by atoms with Crippen LogP contribution in [0.4, 0.5) is 10.1 Å². The Labute approximate surface area is 171 Å². The number of guanidine groups is 1. The van der Waals surface area contributed by atoms with Crippen molar-refractivity contribution in [1.82, 2.24) is 20.4 Å². The largest absolute Gasteiger partial charge is 0.374 e. The maximum Gasteiger partial charge on any atom is 0.190 e. The summed E-state index contributed by atoms with van der Waals surface area (Å²) in [5.74, 6) is 0.594. The molecule has 0 fully saturated rings. The molecule has 0 saturated heterocycles. The maximum absolute atomic E-state index is 13.2. The highest BCUT2D eigenvalue weighted by molar-refractivity contribution is 14.0. The summed E-state index contributed by atoms with van der Waals surface area (Å²) in [7, 11) is 3.73. The fourth-order valence-corrected chi connectivity index (χ4v) is 2.47. The van der Waals surface area contributed by atoms with Crippen molar-refractivity contribution in [3.63, 3.8) is 0 Å². The molecule has 26 heavy (non-hydrogen) atoms. The van der Waals surface area contributed by atoms with E-state index in [1.54, 1.807) is 25.4 Å². The fourth-order valence-electron chi connectivity index (χ4n) is 2.47. The van der Waals surface area contributed by atoms with Crippen molar-refractivity contribution < 1.29 is 4.39 Å². The van der Waals surface area contributed by atoms with Crippen molar-refractivity contribution in [2.75, 3.05) is 38.6 Å². The molecule has 0 atom stereocenters. The molecule has 2 N–H and O–H groups in total. The van der Waals surface area contributed by atoms with Gasteiger partial charge >= 0.3 is 0 Å². The normalized spacial score (nSPS) is 11.0. The zero-order valence-electron chi connectivity index (χ0n) is 15.4. The number of aliphatic imine (C=N–C) groups is 1. The topological polar surface area (TPSA) is 57.5 Å². The van der Waals surface area contributed by atoms with Crippen LogP contribution in [-0.2, 0) is 6.54 Å². The van der Waals surface area contributed by atoms with E-state index in [2.05, 4.69) is 20.7 Å². The minimum atomic E-state index is -0.206. The third-order valence-electron chi connectivity index (χ3n) is 3.85. The van der Waals surface area contributed by atoms with Crippen LogP contribution < -0.4 is 15.5 Å². The predicted molar refractivity (Wildman–Crippen MR) is 116 cm³/mol. The Morgan fingerprint density at radius 1 is 1.23 bits per heavy atom. The van der Waals surface area contributed by atoms with Crippen LogP contribution in [0.1, 0.15) is 12.8 Å². The summed E-state index contributed by atoms with van der Waals surface area (Å²) in [4.78, 5) is 6.26. The van der Waals surface area contributed by atoms with Crippen LogP contribution >= 0.6 is 24.0 Å². The summed E-state index contributed by atoms with van der Waals surface area (Å²) in [5, 5.41) is 10.8. The Morgan fingerprint density at radius 2 is 2.00 bits per heavy atom. The van der Waals surface area contributed by atoms with Gasteiger partial charge in [0.15, 0.2) is 5.96 Å². The Bertz CT molecular complexity index is 647. The Hall–Kier alpha value is -1.84. The number of aryl methyl sites for hydroxylation is 1. The second-order valence-corrected chi connectivity index (χ2v) is 5.80. The molecular weight excluding hydrogens is 446 g/mol. The van der Waals surface area contributed by atoms with Crippen LogP contribution in [0, 0.1) is 5.82 Å². The number of nitrogens with one attached hydrogen (secondary N) is 2. The van der Waals surface area contributed by atoms with Crippen molar-refractivity contribution >= 4 is 35.6 Å². The predicted octanol–water partition coefficient (Wildman–Crippen LogP) is 2.72. The van der Waals surface area contributed by atoms with Crippen LogP contribution in [-0.4, -0.2) is 49.5 Å². The molecule has 0 unspecified atom stereocenters. The van der Waals surface area contributed by atoms with Crippen molar-refractivity contribution in [3.8, 4) is 0 Å². The van der Waals surface area contributed by atoms with E-state index >= 15 is 0 Å². The molecule has 0 saturated carbocycles. The quantitative estimate of drug-likeness (QED) is 0.254. The average molecular weight is 474 g/mol. The van der Waals surface area contributed by atoms with Crippen LogP contribution in [0.3, 0.4) is 0 Å². The highest BCUT2D eigenvalue weighted by atomic mass is 127. The molecule has 0 aliphatic rings. The summed E-state index contributed by atoms with van der Waals surface area (Å²) in [6.07, 6.45) is 5.66. The molecule has 0 spiro atoms. The van der Waals surface area contributed by atoms with Gasteiger partial charge in [-0.3, -0.25) is 9.67 Å². The minimum Gasteiger partial charge on any atom is -0.374 e. The number of hydrogen-bond donors (Lipinski definition) is 2. The second-order valence-electron chi connectivity index (χ2n) is 5.80. The van der Waals surface area contributed by atoms with Gasteiger partial charge in [-0.2, -0.15) is 5.10 Å². The lowest BCUT2D eigenvalue weighted by Crippen LogP contribution is -2.39. The molecule has 1 aromatic heterocycles. The molecule has 144 valence electrons. The highest BCUT2D eigenvalue weighted by Crippen LogP contribution is 2.13. The van der Waals surface area contributed by atoms with E-state index in [4.69, 9.17) is 0 Å². The molecule has 1 heterocycles. The van der Waals surface area contributed by atoms with Crippen molar-refractivity contribution in [2.45, 2.75) is 19.4 Å². The standard InChI is InChI=1S/C18H27FN6.HI/c1-20-18(22-10-5-13-25-14-6-11-23-25)21-9-4-12-24(2)17-8-3-7-16(19)15-17;/h3,6-8,11,14-15H,4-5,9-10,12-13H2,1-2H3,(H2,20,21,22);1H. The summed E-state index contributed by atoms with van der Waals surface area (Å²) in [6.45, 7) is 3.36. The molecule has 8 heteroatoms. The number of rotatable bonds is 9. The van der Waals surface area contributed by atoms with Gasteiger partial charge in [0, 0.05) is 58.4 Å². The van der Waals surface area contributed by atoms with E-state index in [0.717, 1.165) is 50.7 Å². The molecule has 6 nitrogen and oxygen atoms in total. The number of halogens is 2. The Morgan fingerprint density at radius 3 is 2.65 bits per heavy atom. The zero-order valence-corrected chi connectivity index (χ0v) is 17.7. The van der Waals surface area contributed by atoms with Crippen LogP contribution in [0.15, 0.2) is 47.7 Å². The lowest BCUT2D eigenvalue weighted by molar-refractivity contribution is 0.570. The first-order chi connectivity index (χ1) is 12.2. The van der Waals surface area contributed by atoms with E-state index < -0.39 is 0 Å². The SMILES string of the molecule is CN=C(NCCCN(C)c1cccc(F)c1)NCCCn1cccn1.I. The molecule has 2 rings (SSSR count). The molecular formula is C18H28FIN6. The number of nitrogens with zero attached hydrogens (tertiary/aromatic N) is 4. The van der Waals surface area contributed by atoms with Crippen molar-refractivity contribution in [2.24, 2.45) is 4.99 Å². The van der Waals surface area contributed by atoms with Gasteiger partial charge in [-0.1, -0.05) is 6.07 Å². The Kier molecular flexibility index (Phi) is 10.7. The smallest absolute Gasteiger partial charge is 0.190 e. The van der Waals surface area contributed by atoms with E-state index in [-0.39, 0.29) is 29.8 Å². The number of hydrogen-bond acceptors (Lipinski definition) is 3. The summed E-state index contributed by atoms with van der Waals surface area (Å²) >= 11 is 0. The third-order valence-corrected chi connectivity index (χ3v) is 3.85. The van der Waals surface area contributed by atoms with Crippen LogP contribution in [0.25, 0.3) is 0 Å². The highest BCUT2D eigenvalue weighted by Gasteiger charge is 2.02. The van der Waals surface area contributed by atoms with E-state index in [9.17, 15) is 4.39 Å². The second kappa shape index (κ2) is 12.5. The van der Waals surface area contributed by atoms with Gasteiger partial charge < -0.3 is 15.5 Å². The summed E-state index contributed by atoms with van der Waals surface area (Å²) in [5.41, 5.74) is 0.890. The number of benzene rings is 1. The molecule has 0 bridgehead atoms. The molecule has 1 aromatic carbocycles. The molecule has 0 aliphatic heterocycles. The lowest BCUT2D eigenvalue weighted by atomic mass is 10.2. The van der Waals surface area contributed by atoms with Gasteiger partial charge in [-0.15, -0.1) is 24.0 Å². The average Bonchev–Trinajstić information content (AvgIpc) is 3.13.